The summed E-state index contributed by atoms with van der Waals surface area (Å²) in [5.41, 5.74) is 4.34. The Morgan fingerprint density at radius 2 is 1.39 bits per heavy atom. The number of carbonyl (C=O) groups excluding carboxylic acids is 4. The molecule has 1 aliphatic carbocycles. The first-order valence-corrected chi connectivity index (χ1v) is 18.6. The molecule has 14 heteroatoms. The van der Waals surface area contributed by atoms with Gasteiger partial charge in [-0.1, -0.05) is 41.5 Å². The van der Waals surface area contributed by atoms with Crippen molar-refractivity contribution in [3.8, 4) is 0 Å². The van der Waals surface area contributed by atoms with Crippen LogP contribution in [-0.4, -0.2) is 105 Å². The molecule has 1 amide bonds. The molecule has 248 valence electrons. The Morgan fingerprint density at radius 1 is 0.886 bits per heavy atom. The standard InChI is InChI=1S/C30H59B4N3O5S2/c1-10-29(7,8)37-20(25(40)34-32)18-44-22-12-11-21(22)43-17-19(24(39)33-31)36-26(41)28(5,6)15-16-42-30(9,35)14-13-23(38)27(2,3)4/h19-22,33-34,37H,10-18,31-32,35H2,1-9H3,(H,36,41). The molecule has 1 saturated carbocycles. The van der Waals surface area contributed by atoms with Crippen LogP contribution in [0.4, 0.5) is 0 Å². The van der Waals surface area contributed by atoms with Crippen LogP contribution in [0, 0.1) is 10.8 Å². The topological polar surface area (TPSA) is 128 Å². The molecule has 0 heterocycles. The number of thioether (sulfide) groups is 2. The minimum absolute atomic E-state index is 0.0269. The summed E-state index contributed by atoms with van der Waals surface area (Å²) in [5.74, 6) is 1.24. The number of nitrogens with two attached hydrogens (primary N) is 1. The van der Waals surface area contributed by atoms with Crippen LogP contribution >= 0.6 is 23.5 Å². The lowest BCUT2D eigenvalue weighted by atomic mass is 9.51. The quantitative estimate of drug-likeness (QED) is 0.117. The SMILES string of the molecule is BBC(=O)C(CSC1CCC1SCC(NC(C)(C)CC)C(=O)BB)NC(=O)C(C)(C)CCOC(C)(N)CCC(=O)C(C)(C)C. The maximum Gasteiger partial charge on any atom is 0.226 e. The van der Waals surface area contributed by atoms with Gasteiger partial charge >= 0.3 is 0 Å². The lowest BCUT2D eigenvalue weighted by Crippen LogP contribution is -2.52. The fraction of sp³-hybridized carbons (Fsp3) is 0.867. The molecule has 0 aromatic carbocycles. The van der Waals surface area contributed by atoms with Gasteiger partial charge in [-0.25, -0.2) is 0 Å². The third-order valence-electron chi connectivity index (χ3n) is 8.79. The van der Waals surface area contributed by atoms with E-state index in [1.807, 2.05) is 61.9 Å². The zero-order valence-electron chi connectivity index (χ0n) is 29.5. The van der Waals surface area contributed by atoms with E-state index in [9.17, 15) is 19.2 Å². The van der Waals surface area contributed by atoms with Gasteiger partial charge in [0.1, 0.15) is 17.2 Å². The highest BCUT2D eigenvalue weighted by Crippen LogP contribution is 2.41. The molecule has 5 unspecified atom stereocenters. The molecular formula is C30H59B4N3O5S2. The molecule has 1 aliphatic rings. The van der Waals surface area contributed by atoms with Crippen LogP contribution < -0.4 is 16.4 Å². The number of ketones is 1. The van der Waals surface area contributed by atoms with E-state index in [1.165, 1.54) is 0 Å². The number of hydrogen-bond donors (Lipinski definition) is 3. The number of Topliss-reactive ketones (excluding diaryl/α,β-unsaturated/α-hetero) is 1. The van der Waals surface area contributed by atoms with Gasteiger partial charge < -0.3 is 30.7 Å². The Morgan fingerprint density at radius 3 is 1.84 bits per heavy atom. The fourth-order valence-electron chi connectivity index (χ4n) is 4.57. The monoisotopic (exact) mass is 649 g/mol. The lowest BCUT2D eigenvalue weighted by molar-refractivity contribution is -0.134. The van der Waals surface area contributed by atoms with Crippen molar-refractivity contribution < 1.29 is 23.9 Å². The summed E-state index contributed by atoms with van der Waals surface area (Å²) in [6.07, 6.45) is 4.30. The zero-order chi connectivity index (χ0) is 33.9. The fourth-order valence-corrected chi connectivity index (χ4v) is 7.77. The van der Waals surface area contributed by atoms with Crippen molar-refractivity contribution in [2.75, 3.05) is 18.1 Å². The Hall–Kier alpha value is -0.680. The van der Waals surface area contributed by atoms with Crippen molar-refractivity contribution in [2.45, 2.75) is 135 Å². The highest BCUT2D eigenvalue weighted by molar-refractivity contribution is 8.04. The third-order valence-corrected chi connectivity index (χ3v) is 12.0. The smallest absolute Gasteiger partial charge is 0.226 e. The normalized spacial score (nSPS) is 20.0. The van der Waals surface area contributed by atoms with Gasteiger partial charge in [-0.15, -0.1) is 0 Å². The van der Waals surface area contributed by atoms with E-state index >= 15 is 0 Å². The summed E-state index contributed by atoms with van der Waals surface area (Å²) >= 11 is 3.62. The average molecular weight is 649 g/mol. The van der Waals surface area contributed by atoms with Crippen molar-refractivity contribution in [1.82, 2.24) is 10.6 Å². The molecule has 4 N–H and O–H groups in total. The van der Waals surface area contributed by atoms with Crippen LogP contribution in [0.1, 0.15) is 101 Å². The molecule has 1 rings (SSSR count). The first-order valence-electron chi connectivity index (χ1n) is 16.5. The Kier molecular flexibility index (Phi) is 16.9. The van der Waals surface area contributed by atoms with Crippen molar-refractivity contribution in [3.63, 3.8) is 0 Å². The van der Waals surface area contributed by atoms with Crippen LogP contribution in [0.25, 0.3) is 0 Å². The highest BCUT2D eigenvalue weighted by atomic mass is 32.2. The Labute approximate surface area is 279 Å². The molecule has 8 nitrogen and oxygen atoms in total. The van der Waals surface area contributed by atoms with Gasteiger partial charge in [-0.3, -0.25) is 9.59 Å². The first-order chi connectivity index (χ1) is 20.2. The van der Waals surface area contributed by atoms with E-state index in [0.29, 0.717) is 49.9 Å². The van der Waals surface area contributed by atoms with Gasteiger partial charge in [0, 0.05) is 51.4 Å². The van der Waals surface area contributed by atoms with Crippen LogP contribution in [-0.2, 0) is 23.9 Å². The minimum atomic E-state index is -0.964. The summed E-state index contributed by atoms with van der Waals surface area (Å²) in [7, 11) is 4.63. The zero-order valence-corrected chi connectivity index (χ0v) is 31.2. The highest BCUT2D eigenvalue weighted by Gasteiger charge is 2.36. The number of nitrogens with one attached hydrogen (secondary N) is 2. The number of hydrogen-bond acceptors (Lipinski definition) is 9. The Balaban J connectivity index is 2.66. The van der Waals surface area contributed by atoms with Gasteiger partial charge in [0.15, 0.2) is 14.3 Å². The second kappa shape index (κ2) is 18.0. The van der Waals surface area contributed by atoms with E-state index in [-0.39, 0.29) is 41.2 Å². The number of rotatable bonds is 22. The second-order valence-corrected chi connectivity index (χ2v) is 17.4. The second-order valence-electron chi connectivity index (χ2n) is 14.9. The first kappa shape index (κ1) is 41.3. The third kappa shape index (κ3) is 14.4. The van der Waals surface area contributed by atoms with E-state index in [0.717, 1.165) is 25.0 Å². The van der Waals surface area contributed by atoms with Gasteiger partial charge in [-0.2, -0.15) is 23.5 Å². The van der Waals surface area contributed by atoms with Crippen LogP contribution in [0.15, 0.2) is 0 Å². The summed E-state index contributed by atoms with van der Waals surface area (Å²) in [4.78, 5) is 51.1. The maximum absolute atomic E-state index is 13.3. The predicted molar refractivity (Wildman–Crippen MR) is 197 cm³/mol. The van der Waals surface area contributed by atoms with Gasteiger partial charge in [0.25, 0.3) is 0 Å². The number of ether oxygens (including phenoxy) is 1. The van der Waals surface area contributed by atoms with Gasteiger partial charge in [0.2, 0.25) is 5.91 Å². The molecular weight excluding hydrogens is 590 g/mol. The molecule has 0 aromatic rings. The van der Waals surface area contributed by atoms with E-state index < -0.39 is 22.6 Å². The lowest BCUT2D eigenvalue weighted by Gasteiger charge is -2.38. The largest absolute Gasteiger partial charge is 0.361 e. The molecule has 0 saturated heterocycles. The van der Waals surface area contributed by atoms with Crippen molar-refractivity contribution in [1.29, 1.82) is 0 Å². The average Bonchev–Trinajstić information content (AvgIpc) is 2.92. The van der Waals surface area contributed by atoms with Gasteiger partial charge in [-0.05, 0) is 52.9 Å². The van der Waals surface area contributed by atoms with E-state index in [2.05, 4.69) is 31.4 Å². The summed E-state index contributed by atoms with van der Waals surface area (Å²) in [6.45, 7) is 17.8. The minimum Gasteiger partial charge on any atom is -0.361 e. The summed E-state index contributed by atoms with van der Waals surface area (Å²) in [5, 5.41) is 7.43. The molecule has 0 aromatic heterocycles. The maximum atomic E-state index is 13.3. The number of carbonyl (C=O) groups is 4. The molecule has 0 radical (unpaired) electrons. The predicted octanol–water partition coefficient (Wildman–Crippen LogP) is 1.14. The van der Waals surface area contributed by atoms with E-state index in [4.69, 9.17) is 10.5 Å². The van der Waals surface area contributed by atoms with Crippen molar-refractivity contribution in [3.05, 3.63) is 0 Å². The van der Waals surface area contributed by atoms with Crippen LogP contribution in [0.3, 0.4) is 0 Å². The summed E-state index contributed by atoms with van der Waals surface area (Å²) < 4.78 is 5.91. The summed E-state index contributed by atoms with van der Waals surface area (Å²) in [6, 6.07) is -0.706. The van der Waals surface area contributed by atoms with Crippen LogP contribution in [0.5, 0.6) is 0 Å². The van der Waals surface area contributed by atoms with Crippen molar-refractivity contribution >= 4 is 76.4 Å². The number of amides is 1. The molecule has 0 bridgehead atoms. The van der Waals surface area contributed by atoms with E-state index in [1.54, 1.807) is 18.7 Å². The Bertz CT molecular complexity index is 979. The molecule has 1 fully saturated rings. The molecule has 5 atom stereocenters. The molecule has 0 aliphatic heterocycles. The van der Waals surface area contributed by atoms with Gasteiger partial charge in [0.05, 0.1) is 33.2 Å². The molecule has 0 spiro atoms. The molecule has 44 heavy (non-hydrogen) atoms. The van der Waals surface area contributed by atoms with Crippen LogP contribution in [0.2, 0.25) is 0 Å². The van der Waals surface area contributed by atoms with Crippen molar-refractivity contribution in [2.24, 2.45) is 16.6 Å².